The highest BCUT2D eigenvalue weighted by atomic mass is 15.0. The van der Waals surface area contributed by atoms with E-state index in [0.717, 1.165) is 24.1 Å². The van der Waals surface area contributed by atoms with E-state index in [4.69, 9.17) is 0 Å². The third kappa shape index (κ3) is 3.69. The molecular formula is C36H26N4. The van der Waals surface area contributed by atoms with Crippen molar-refractivity contribution in [3.8, 4) is 11.1 Å². The topological polar surface area (TPSA) is 35.6 Å². The van der Waals surface area contributed by atoms with Crippen LogP contribution < -0.4 is 0 Å². The molecule has 8 rings (SSSR count). The van der Waals surface area contributed by atoms with Crippen LogP contribution in [0, 0.1) is 0 Å². The van der Waals surface area contributed by atoms with E-state index in [9.17, 15) is 0 Å². The molecule has 0 N–H and O–H groups in total. The lowest BCUT2D eigenvalue weighted by molar-refractivity contribution is 0.867. The van der Waals surface area contributed by atoms with Gasteiger partial charge >= 0.3 is 0 Å². The van der Waals surface area contributed by atoms with Gasteiger partial charge in [0, 0.05) is 36.3 Å². The number of pyridine rings is 2. The van der Waals surface area contributed by atoms with Crippen molar-refractivity contribution in [3.05, 3.63) is 145 Å². The number of nitrogens with zero attached hydrogens (tertiary/aromatic N) is 4. The van der Waals surface area contributed by atoms with Crippen molar-refractivity contribution < 1.29 is 0 Å². The molecule has 4 heteroatoms. The first kappa shape index (κ1) is 22.7. The van der Waals surface area contributed by atoms with Crippen LogP contribution in [0.2, 0.25) is 0 Å². The van der Waals surface area contributed by atoms with Crippen molar-refractivity contribution in [2.45, 2.75) is 13.1 Å². The maximum absolute atomic E-state index is 4.66. The Morgan fingerprint density at radius 2 is 0.800 bits per heavy atom. The van der Waals surface area contributed by atoms with Crippen molar-refractivity contribution in [2.75, 3.05) is 0 Å². The summed E-state index contributed by atoms with van der Waals surface area (Å²) in [6.45, 7) is 1.62. The van der Waals surface area contributed by atoms with Crippen LogP contribution in [0.4, 0.5) is 0 Å². The van der Waals surface area contributed by atoms with E-state index in [1.54, 1.807) is 0 Å². The molecule has 0 fully saturated rings. The second-order valence-corrected chi connectivity index (χ2v) is 10.3. The lowest BCUT2D eigenvalue weighted by atomic mass is 10.0. The van der Waals surface area contributed by atoms with Crippen molar-refractivity contribution >= 4 is 43.9 Å². The Labute approximate surface area is 231 Å². The van der Waals surface area contributed by atoms with E-state index in [0.29, 0.717) is 0 Å². The number of hydrogen-bond donors (Lipinski definition) is 0. The van der Waals surface area contributed by atoms with Gasteiger partial charge < -0.3 is 9.13 Å². The lowest BCUT2D eigenvalue weighted by Crippen LogP contribution is -2.00. The first-order valence-corrected chi connectivity index (χ1v) is 13.7. The normalized spacial score (nSPS) is 11.7. The van der Waals surface area contributed by atoms with Gasteiger partial charge in [0.15, 0.2) is 0 Å². The molecule has 4 heterocycles. The largest absolute Gasteiger partial charge is 0.335 e. The Hall–Kier alpha value is -5.22. The van der Waals surface area contributed by atoms with Crippen LogP contribution in [0.15, 0.2) is 134 Å². The maximum Gasteiger partial charge on any atom is 0.0959 e. The molecule has 4 aromatic carbocycles. The summed E-state index contributed by atoms with van der Waals surface area (Å²) in [6, 6.07) is 43.3. The summed E-state index contributed by atoms with van der Waals surface area (Å²) in [6.07, 6.45) is 3.75. The Morgan fingerprint density at radius 1 is 0.400 bits per heavy atom. The van der Waals surface area contributed by atoms with Gasteiger partial charge in [-0.15, -0.1) is 0 Å². The molecule has 0 amide bonds. The van der Waals surface area contributed by atoms with Crippen LogP contribution in [0.5, 0.6) is 0 Å². The van der Waals surface area contributed by atoms with Gasteiger partial charge in [-0.25, -0.2) is 0 Å². The van der Waals surface area contributed by atoms with E-state index in [1.807, 2.05) is 24.5 Å². The first-order valence-electron chi connectivity index (χ1n) is 13.7. The fourth-order valence-electron chi connectivity index (χ4n) is 6.03. The Morgan fingerprint density at radius 3 is 1.25 bits per heavy atom. The molecule has 0 aliphatic heterocycles. The summed E-state index contributed by atoms with van der Waals surface area (Å²) in [5, 5.41) is 2.40. The molecule has 0 saturated carbocycles. The van der Waals surface area contributed by atoms with Crippen LogP contribution in [-0.4, -0.2) is 19.1 Å². The first-order chi connectivity index (χ1) is 19.8. The number of aromatic nitrogens is 4. The van der Waals surface area contributed by atoms with Crippen molar-refractivity contribution in [1.29, 1.82) is 0 Å². The molecular weight excluding hydrogens is 488 g/mol. The third-order valence-electron chi connectivity index (χ3n) is 7.98. The zero-order valence-corrected chi connectivity index (χ0v) is 21.9. The molecule has 4 aromatic heterocycles. The Kier molecular flexibility index (Phi) is 5.23. The average molecular weight is 515 g/mol. The summed E-state index contributed by atoms with van der Waals surface area (Å²) >= 11 is 0. The average Bonchev–Trinajstić information content (AvgIpc) is 3.51. The highest BCUT2D eigenvalue weighted by Crippen LogP contribution is 2.30. The van der Waals surface area contributed by atoms with Gasteiger partial charge in [-0.3, -0.25) is 9.97 Å². The highest BCUT2D eigenvalue weighted by molar-refractivity contribution is 6.06. The summed E-state index contributed by atoms with van der Waals surface area (Å²) in [7, 11) is 0. The Bertz CT molecular complexity index is 1890. The molecule has 0 saturated heterocycles. The SMILES string of the molecule is c1ccc2c(c1)c1ncccc1n2Cc1ccc(-c2ccc(Cn3c4ccccc4c4ncccc43)cc2)cc1. The number of benzene rings is 4. The molecule has 0 spiro atoms. The molecule has 0 atom stereocenters. The molecule has 4 nitrogen and oxygen atoms in total. The van der Waals surface area contributed by atoms with E-state index in [-0.39, 0.29) is 0 Å². The summed E-state index contributed by atoms with van der Waals surface area (Å²) < 4.78 is 4.73. The molecule has 8 aromatic rings. The predicted octanol–water partition coefficient (Wildman–Crippen LogP) is 8.46. The fourth-order valence-corrected chi connectivity index (χ4v) is 6.03. The Balaban J connectivity index is 1.07. The molecule has 40 heavy (non-hydrogen) atoms. The van der Waals surface area contributed by atoms with Crippen LogP contribution in [0.1, 0.15) is 11.1 Å². The zero-order chi connectivity index (χ0) is 26.5. The van der Waals surface area contributed by atoms with E-state index in [2.05, 4.69) is 128 Å². The van der Waals surface area contributed by atoms with Gasteiger partial charge in [0.25, 0.3) is 0 Å². The standard InChI is InChI=1S/C36H26N4/c1-3-9-31-29(7-1)35-33(11-5-21-37-35)39(31)23-25-13-17-27(18-14-25)28-19-15-26(16-20-28)24-40-32-10-4-2-8-30(32)36-34(40)12-6-22-38-36/h1-22H,23-24H2. The minimum atomic E-state index is 0.808. The number of rotatable bonds is 5. The quantitative estimate of drug-likeness (QED) is 0.231. The van der Waals surface area contributed by atoms with Crippen molar-refractivity contribution in [3.63, 3.8) is 0 Å². The second-order valence-electron chi connectivity index (χ2n) is 10.3. The van der Waals surface area contributed by atoms with Crippen LogP contribution in [0.25, 0.3) is 55.0 Å². The summed E-state index contributed by atoms with van der Waals surface area (Å²) in [5.41, 5.74) is 11.9. The molecule has 190 valence electrons. The number of para-hydroxylation sites is 2. The second kappa shape index (κ2) is 9.21. The van der Waals surface area contributed by atoms with Crippen LogP contribution in [-0.2, 0) is 13.1 Å². The van der Waals surface area contributed by atoms with Gasteiger partial charge in [0.2, 0.25) is 0 Å². The van der Waals surface area contributed by atoms with Crippen LogP contribution >= 0.6 is 0 Å². The minimum absolute atomic E-state index is 0.808. The van der Waals surface area contributed by atoms with Gasteiger partial charge in [-0.2, -0.15) is 0 Å². The lowest BCUT2D eigenvalue weighted by Gasteiger charge is -2.10. The smallest absolute Gasteiger partial charge is 0.0959 e. The molecule has 0 radical (unpaired) electrons. The third-order valence-corrected chi connectivity index (χ3v) is 7.98. The van der Waals surface area contributed by atoms with Gasteiger partial charge in [-0.05, 0) is 58.7 Å². The summed E-state index contributed by atoms with van der Waals surface area (Å²) in [5.74, 6) is 0. The monoisotopic (exact) mass is 514 g/mol. The van der Waals surface area contributed by atoms with Gasteiger partial charge in [-0.1, -0.05) is 84.9 Å². The highest BCUT2D eigenvalue weighted by Gasteiger charge is 2.13. The van der Waals surface area contributed by atoms with Gasteiger partial charge in [0.05, 0.1) is 33.1 Å². The van der Waals surface area contributed by atoms with Crippen LogP contribution in [0.3, 0.4) is 0 Å². The maximum atomic E-state index is 4.66. The fraction of sp³-hybridized carbons (Fsp3) is 0.0556. The van der Waals surface area contributed by atoms with Crippen molar-refractivity contribution in [2.24, 2.45) is 0 Å². The molecule has 0 aliphatic carbocycles. The van der Waals surface area contributed by atoms with E-state index in [1.165, 1.54) is 55.1 Å². The molecule has 0 unspecified atom stereocenters. The van der Waals surface area contributed by atoms with Gasteiger partial charge in [0.1, 0.15) is 0 Å². The number of hydrogen-bond acceptors (Lipinski definition) is 2. The molecule has 0 bridgehead atoms. The number of fused-ring (bicyclic) bond motifs is 6. The van der Waals surface area contributed by atoms with E-state index < -0.39 is 0 Å². The predicted molar refractivity (Wildman–Crippen MR) is 165 cm³/mol. The zero-order valence-electron chi connectivity index (χ0n) is 21.9. The van der Waals surface area contributed by atoms with Crippen molar-refractivity contribution in [1.82, 2.24) is 19.1 Å². The molecule has 0 aliphatic rings. The minimum Gasteiger partial charge on any atom is -0.335 e. The summed E-state index contributed by atoms with van der Waals surface area (Å²) in [4.78, 5) is 9.32. The van der Waals surface area contributed by atoms with E-state index >= 15 is 0 Å².